The Labute approximate surface area is 106 Å². The van der Waals surface area contributed by atoms with Crippen molar-refractivity contribution in [3.05, 3.63) is 20.8 Å². The van der Waals surface area contributed by atoms with Crippen molar-refractivity contribution in [1.29, 1.82) is 0 Å². The molecule has 1 amide bonds. The smallest absolute Gasteiger partial charge is 0.305 e. The third kappa shape index (κ3) is 3.94. The van der Waals surface area contributed by atoms with Gasteiger partial charge in [0.2, 0.25) is 0 Å². The van der Waals surface area contributed by atoms with E-state index < -0.39 is 11.5 Å². The predicted octanol–water partition coefficient (Wildman–Crippen LogP) is 2.49. The molecule has 0 spiro atoms. The molecule has 0 radical (unpaired) electrons. The molecule has 6 heteroatoms. The Bertz CT molecular complexity index is 414. The van der Waals surface area contributed by atoms with Gasteiger partial charge in [0.25, 0.3) is 5.91 Å². The van der Waals surface area contributed by atoms with E-state index in [1.807, 2.05) is 0 Å². The van der Waals surface area contributed by atoms with E-state index in [0.29, 0.717) is 4.88 Å². The summed E-state index contributed by atoms with van der Waals surface area (Å²) >= 11 is 4.58. The van der Waals surface area contributed by atoms with Gasteiger partial charge >= 0.3 is 5.97 Å². The Hall–Kier alpha value is -0.880. The van der Waals surface area contributed by atoms with E-state index in [4.69, 9.17) is 5.11 Å². The summed E-state index contributed by atoms with van der Waals surface area (Å²) in [6, 6.07) is 3.48. The summed E-state index contributed by atoms with van der Waals surface area (Å²) in [6.07, 6.45) is -0.106. The Kier molecular flexibility index (Phi) is 4.09. The molecule has 0 fully saturated rings. The molecule has 2 N–H and O–H groups in total. The second kappa shape index (κ2) is 4.97. The van der Waals surface area contributed by atoms with Crippen molar-refractivity contribution in [2.45, 2.75) is 25.8 Å². The molecule has 4 nitrogen and oxygen atoms in total. The van der Waals surface area contributed by atoms with Crippen LogP contribution in [-0.2, 0) is 4.79 Å². The Morgan fingerprint density at radius 1 is 1.50 bits per heavy atom. The van der Waals surface area contributed by atoms with Crippen LogP contribution in [0.1, 0.15) is 29.9 Å². The second-order valence-corrected chi connectivity index (χ2v) is 6.48. The molecule has 0 unspecified atom stereocenters. The van der Waals surface area contributed by atoms with Crippen molar-refractivity contribution in [3.8, 4) is 0 Å². The van der Waals surface area contributed by atoms with Crippen LogP contribution in [0.5, 0.6) is 0 Å². The van der Waals surface area contributed by atoms with Crippen molar-refractivity contribution in [3.63, 3.8) is 0 Å². The molecule has 0 saturated carbocycles. The van der Waals surface area contributed by atoms with Crippen LogP contribution >= 0.6 is 27.3 Å². The molecule has 0 aromatic carbocycles. The molecule has 0 atom stereocenters. The fourth-order valence-corrected chi connectivity index (χ4v) is 2.51. The minimum Gasteiger partial charge on any atom is -0.481 e. The first-order chi connectivity index (χ1) is 7.30. The highest BCUT2D eigenvalue weighted by Gasteiger charge is 2.24. The van der Waals surface area contributed by atoms with Crippen molar-refractivity contribution in [1.82, 2.24) is 5.32 Å². The SMILES string of the molecule is CC(C)(CC(=O)O)NC(=O)c1ccc(Br)s1. The van der Waals surface area contributed by atoms with Crippen LogP contribution in [0.25, 0.3) is 0 Å². The van der Waals surface area contributed by atoms with E-state index in [9.17, 15) is 9.59 Å². The standard InChI is InChI=1S/C10H12BrNO3S/c1-10(2,5-8(13)14)12-9(15)6-3-4-7(11)16-6/h3-4H,5H2,1-2H3,(H,12,15)(H,13,14). The molecule has 0 bridgehead atoms. The average molecular weight is 306 g/mol. The number of aliphatic carboxylic acids is 1. The van der Waals surface area contributed by atoms with Crippen LogP contribution in [0.15, 0.2) is 15.9 Å². The highest BCUT2D eigenvalue weighted by Crippen LogP contribution is 2.22. The number of nitrogens with one attached hydrogen (secondary N) is 1. The van der Waals surface area contributed by atoms with Gasteiger partial charge in [-0.05, 0) is 41.9 Å². The number of carbonyl (C=O) groups excluding carboxylic acids is 1. The zero-order valence-corrected chi connectivity index (χ0v) is 11.3. The maximum atomic E-state index is 11.7. The fourth-order valence-electron chi connectivity index (χ4n) is 1.23. The lowest BCUT2D eigenvalue weighted by atomic mass is 10.0. The normalized spacial score (nSPS) is 11.2. The van der Waals surface area contributed by atoms with E-state index in [2.05, 4.69) is 21.2 Å². The topological polar surface area (TPSA) is 66.4 Å². The first-order valence-electron chi connectivity index (χ1n) is 4.60. The molecule has 0 aliphatic rings. The number of rotatable bonds is 4. The fraction of sp³-hybridized carbons (Fsp3) is 0.400. The van der Waals surface area contributed by atoms with Crippen LogP contribution in [0.4, 0.5) is 0 Å². The third-order valence-corrected chi connectivity index (χ3v) is 3.46. The van der Waals surface area contributed by atoms with Gasteiger partial charge in [-0.15, -0.1) is 11.3 Å². The number of carboxylic acids is 1. The minimum atomic E-state index is -0.933. The summed E-state index contributed by atoms with van der Waals surface area (Å²) in [5, 5.41) is 11.4. The number of carboxylic acid groups (broad SMARTS) is 1. The van der Waals surface area contributed by atoms with Gasteiger partial charge in [-0.1, -0.05) is 0 Å². The van der Waals surface area contributed by atoms with Crippen LogP contribution in [0.2, 0.25) is 0 Å². The highest BCUT2D eigenvalue weighted by atomic mass is 79.9. The summed E-state index contributed by atoms with van der Waals surface area (Å²) < 4.78 is 0.869. The molecule has 1 aromatic heterocycles. The van der Waals surface area contributed by atoms with E-state index in [-0.39, 0.29) is 12.3 Å². The van der Waals surface area contributed by atoms with Gasteiger partial charge in [-0.2, -0.15) is 0 Å². The van der Waals surface area contributed by atoms with Crippen LogP contribution < -0.4 is 5.32 Å². The predicted molar refractivity (Wildman–Crippen MR) is 65.8 cm³/mol. The first-order valence-corrected chi connectivity index (χ1v) is 6.21. The molecule has 0 aliphatic heterocycles. The Morgan fingerprint density at radius 3 is 2.56 bits per heavy atom. The molecular formula is C10H12BrNO3S. The minimum absolute atomic E-state index is 0.106. The van der Waals surface area contributed by atoms with Gasteiger partial charge in [-0.3, -0.25) is 9.59 Å². The number of hydrogen-bond donors (Lipinski definition) is 2. The maximum Gasteiger partial charge on any atom is 0.305 e. The van der Waals surface area contributed by atoms with Crippen molar-refractivity contribution in [2.75, 3.05) is 0 Å². The number of carbonyl (C=O) groups is 2. The van der Waals surface area contributed by atoms with Gasteiger partial charge in [-0.25, -0.2) is 0 Å². The van der Waals surface area contributed by atoms with Gasteiger partial charge in [0.15, 0.2) is 0 Å². The molecule has 1 aromatic rings. The van der Waals surface area contributed by atoms with E-state index in [1.165, 1.54) is 11.3 Å². The van der Waals surface area contributed by atoms with Crippen molar-refractivity contribution in [2.24, 2.45) is 0 Å². The molecular weight excluding hydrogens is 294 g/mol. The summed E-state index contributed by atoms with van der Waals surface area (Å²) in [4.78, 5) is 22.9. The van der Waals surface area contributed by atoms with Crippen LogP contribution in [-0.4, -0.2) is 22.5 Å². The zero-order valence-electron chi connectivity index (χ0n) is 8.91. The van der Waals surface area contributed by atoms with Crippen LogP contribution in [0.3, 0.4) is 0 Å². The number of amides is 1. The summed E-state index contributed by atoms with van der Waals surface area (Å²) in [5.74, 6) is -1.18. The number of thiophene rings is 1. The molecule has 1 rings (SSSR count). The van der Waals surface area contributed by atoms with Crippen LogP contribution in [0, 0.1) is 0 Å². The molecule has 88 valence electrons. The molecule has 1 heterocycles. The van der Waals surface area contributed by atoms with E-state index >= 15 is 0 Å². The van der Waals surface area contributed by atoms with E-state index in [1.54, 1.807) is 26.0 Å². The molecule has 16 heavy (non-hydrogen) atoms. The van der Waals surface area contributed by atoms with Gasteiger partial charge in [0, 0.05) is 5.54 Å². The van der Waals surface area contributed by atoms with Crippen molar-refractivity contribution >= 4 is 39.1 Å². The summed E-state index contributed by atoms with van der Waals surface area (Å²) in [5.41, 5.74) is -0.751. The highest BCUT2D eigenvalue weighted by molar-refractivity contribution is 9.11. The molecule has 0 aliphatic carbocycles. The monoisotopic (exact) mass is 305 g/mol. The number of halogens is 1. The Morgan fingerprint density at radius 2 is 2.12 bits per heavy atom. The largest absolute Gasteiger partial charge is 0.481 e. The van der Waals surface area contributed by atoms with E-state index in [0.717, 1.165) is 3.79 Å². The van der Waals surface area contributed by atoms with Gasteiger partial charge in [0.1, 0.15) is 0 Å². The quantitative estimate of drug-likeness (QED) is 0.898. The number of hydrogen-bond acceptors (Lipinski definition) is 3. The second-order valence-electron chi connectivity index (χ2n) is 4.01. The lowest BCUT2D eigenvalue weighted by molar-refractivity contribution is -0.138. The maximum absolute atomic E-state index is 11.7. The average Bonchev–Trinajstić information content (AvgIpc) is 2.47. The van der Waals surface area contributed by atoms with Gasteiger partial charge in [0.05, 0.1) is 15.1 Å². The summed E-state index contributed by atoms with van der Waals surface area (Å²) in [7, 11) is 0. The van der Waals surface area contributed by atoms with Gasteiger partial charge < -0.3 is 10.4 Å². The zero-order chi connectivity index (χ0) is 12.3. The third-order valence-electron chi connectivity index (χ3n) is 1.84. The lowest BCUT2D eigenvalue weighted by Gasteiger charge is -2.23. The molecule has 0 saturated heterocycles. The summed E-state index contributed by atoms with van der Waals surface area (Å²) in [6.45, 7) is 3.36. The van der Waals surface area contributed by atoms with Crippen molar-refractivity contribution < 1.29 is 14.7 Å². The Balaban J connectivity index is 2.67. The first kappa shape index (κ1) is 13.2. The lowest BCUT2D eigenvalue weighted by Crippen LogP contribution is -2.44.